The van der Waals surface area contributed by atoms with Crippen molar-refractivity contribution in [2.75, 3.05) is 20.8 Å². The summed E-state index contributed by atoms with van der Waals surface area (Å²) in [5.41, 5.74) is 1.79. The van der Waals surface area contributed by atoms with Crippen LogP contribution in [0.3, 0.4) is 0 Å². The van der Waals surface area contributed by atoms with E-state index in [0.717, 1.165) is 16.3 Å². The van der Waals surface area contributed by atoms with Gasteiger partial charge in [-0.15, -0.1) is 11.3 Å². The average Bonchev–Trinajstić information content (AvgIpc) is 2.98. The van der Waals surface area contributed by atoms with Gasteiger partial charge in [-0.05, 0) is 37.6 Å². The molecule has 128 valence electrons. The van der Waals surface area contributed by atoms with Crippen molar-refractivity contribution < 1.29 is 14.3 Å². The van der Waals surface area contributed by atoms with Gasteiger partial charge < -0.3 is 14.4 Å². The van der Waals surface area contributed by atoms with E-state index in [9.17, 15) is 4.79 Å². The molecule has 0 unspecified atom stereocenters. The molecule has 0 aliphatic heterocycles. The molecule has 1 aromatic heterocycles. The van der Waals surface area contributed by atoms with Gasteiger partial charge in [-0.3, -0.25) is 4.79 Å². The van der Waals surface area contributed by atoms with Gasteiger partial charge in [-0.1, -0.05) is 6.07 Å². The molecule has 1 heterocycles. The van der Waals surface area contributed by atoms with Gasteiger partial charge in [0.25, 0.3) is 0 Å². The topological polar surface area (TPSA) is 51.7 Å². The van der Waals surface area contributed by atoms with Crippen molar-refractivity contribution in [3.05, 3.63) is 45.9 Å². The Hall–Kier alpha value is -2.34. The minimum absolute atomic E-state index is 0.0746. The molecular weight excluding hydrogens is 324 g/mol. The summed E-state index contributed by atoms with van der Waals surface area (Å²) in [6.45, 7) is 4.93. The predicted molar refractivity (Wildman–Crippen MR) is 96.5 cm³/mol. The van der Waals surface area contributed by atoms with Crippen molar-refractivity contribution in [1.82, 2.24) is 9.88 Å². The zero-order valence-electron chi connectivity index (χ0n) is 14.4. The van der Waals surface area contributed by atoms with E-state index < -0.39 is 0 Å². The van der Waals surface area contributed by atoms with Gasteiger partial charge in [-0.2, -0.15) is 0 Å². The first-order valence-electron chi connectivity index (χ1n) is 7.68. The van der Waals surface area contributed by atoms with Gasteiger partial charge in [0.05, 0.1) is 31.0 Å². The number of rotatable bonds is 7. The molecule has 2 aromatic rings. The number of nitrogens with zero attached hydrogens (tertiary/aromatic N) is 2. The number of methoxy groups -OCH3 is 1. The van der Waals surface area contributed by atoms with Crippen molar-refractivity contribution in [1.29, 1.82) is 0 Å². The van der Waals surface area contributed by atoms with Crippen LogP contribution in [0.15, 0.2) is 29.7 Å². The van der Waals surface area contributed by atoms with Crippen LogP contribution in [0.1, 0.15) is 23.2 Å². The molecule has 0 fully saturated rings. The van der Waals surface area contributed by atoms with Gasteiger partial charge in [-0.25, -0.2) is 4.98 Å². The molecular formula is C18H22N2O3S. The zero-order valence-corrected chi connectivity index (χ0v) is 15.2. The lowest BCUT2D eigenvalue weighted by Gasteiger charge is -2.13. The Morgan fingerprint density at radius 3 is 2.79 bits per heavy atom. The standard InChI is InChI=1S/C18H22N2O3S/c1-5-23-17-10-14(6-8-16(17)22-4)7-9-18(21)20(3)11-15-12-24-13(2)19-15/h6-10,12H,5,11H2,1-4H3. The number of benzene rings is 1. The van der Waals surface area contributed by atoms with Crippen molar-refractivity contribution in [3.8, 4) is 11.5 Å². The SMILES string of the molecule is CCOc1cc(C=CC(=O)N(C)Cc2csc(C)n2)ccc1OC. The Kier molecular flexibility index (Phi) is 6.37. The van der Waals surface area contributed by atoms with E-state index in [4.69, 9.17) is 9.47 Å². The summed E-state index contributed by atoms with van der Waals surface area (Å²) in [7, 11) is 3.37. The van der Waals surface area contributed by atoms with E-state index in [1.54, 1.807) is 42.5 Å². The smallest absolute Gasteiger partial charge is 0.246 e. The van der Waals surface area contributed by atoms with Crippen LogP contribution in [0.5, 0.6) is 11.5 Å². The lowest BCUT2D eigenvalue weighted by atomic mass is 10.2. The Labute approximate surface area is 146 Å². The lowest BCUT2D eigenvalue weighted by molar-refractivity contribution is -0.125. The van der Waals surface area contributed by atoms with Crippen LogP contribution in [0, 0.1) is 6.92 Å². The number of hydrogen-bond donors (Lipinski definition) is 0. The summed E-state index contributed by atoms with van der Waals surface area (Å²) in [4.78, 5) is 18.2. The number of hydrogen-bond acceptors (Lipinski definition) is 5. The molecule has 6 heteroatoms. The highest BCUT2D eigenvalue weighted by Gasteiger charge is 2.08. The van der Waals surface area contributed by atoms with Crippen molar-refractivity contribution in [2.24, 2.45) is 0 Å². The number of carbonyl (C=O) groups is 1. The summed E-state index contributed by atoms with van der Waals surface area (Å²) in [6, 6.07) is 5.57. The number of likely N-dealkylation sites (N-methyl/N-ethyl adjacent to an activating group) is 1. The third-order valence-corrected chi connectivity index (χ3v) is 4.17. The molecule has 5 nitrogen and oxygen atoms in total. The van der Waals surface area contributed by atoms with Gasteiger partial charge in [0.15, 0.2) is 11.5 Å². The van der Waals surface area contributed by atoms with Crippen LogP contribution in [0.25, 0.3) is 6.08 Å². The maximum absolute atomic E-state index is 12.2. The minimum Gasteiger partial charge on any atom is -0.493 e. The first-order valence-corrected chi connectivity index (χ1v) is 8.56. The summed E-state index contributed by atoms with van der Waals surface area (Å²) < 4.78 is 10.8. The Morgan fingerprint density at radius 1 is 1.38 bits per heavy atom. The lowest BCUT2D eigenvalue weighted by Crippen LogP contribution is -2.24. The van der Waals surface area contributed by atoms with Gasteiger partial charge in [0, 0.05) is 18.5 Å². The first kappa shape index (κ1) is 18.0. The molecule has 0 bridgehead atoms. The average molecular weight is 346 g/mol. The zero-order chi connectivity index (χ0) is 17.5. The predicted octanol–water partition coefficient (Wildman–Crippen LogP) is 3.53. The van der Waals surface area contributed by atoms with Crippen LogP contribution < -0.4 is 9.47 Å². The largest absolute Gasteiger partial charge is 0.493 e. The second-order valence-electron chi connectivity index (χ2n) is 5.23. The van der Waals surface area contributed by atoms with E-state index in [1.165, 1.54) is 0 Å². The van der Waals surface area contributed by atoms with Crippen LogP contribution in [-0.4, -0.2) is 36.6 Å². The normalized spacial score (nSPS) is 10.8. The fourth-order valence-corrected chi connectivity index (χ4v) is 2.77. The van der Waals surface area contributed by atoms with Crippen LogP contribution in [0.2, 0.25) is 0 Å². The molecule has 0 aliphatic carbocycles. The number of thiazole rings is 1. The molecule has 2 rings (SSSR count). The minimum atomic E-state index is -0.0746. The van der Waals surface area contributed by atoms with Crippen molar-refractivity contribution in [2.45, 2.75) is 20.4 Å². The van der Waals surface area contributed by atoms with Gasteiger partial charge in [0.1, 0.15) is 0 Å². The number of amides is 1. The monoisotopic (exact) mass is 346 g/mol. The highest BCUT2D eigenvalue weighted by molar-refractivity contribution is 7.09. The summed E-state index contributed by atoms with van der Waals surface area (Å²) in [5.74, 6) is 1.27. The van der Waals surface area contributed by atoms with E-state index in [0.29, 0.717) is 24.7 Å². The molecule has 24 heavy (non-hydrogen) atoms. The Morgan fingerprint density at radius 2 is 2.17 bits per heavy atom. The van der Waals surface area contributed by atoms with E-state index in [2.05, 4.69) is 4.98 Å². The molecule has 1 amide bonds. The first-order chi connectivity index (χ1) is 11.5. The summed E-state index contributed by atoms with van der Waals surface area (Å²) in [5, 5.41) is 2.98. The second kappa shape index (κ2) is 8.49. The highest BCUT2D eigenvalue weighted by atomic mass is 32.1. The summed E-state index contributed by atoms with van der Waals surface area (Å²) >= 11 is 1.59. The van der Waals surface area contributed by atoms with E-state index in [-0.39, 0.29) is 5.91 Å². The molecule has 0 N–H and O–H groups in total. The number of ether oxygens (including phenoxy) is 2. The second-order valence-corrected chi connectivity index (χ2v) is 6.29. The van der Waals surface area contributed by atoms with Crippen LogP contribution >= 0.6 is 11.3 Å². The Balaban J connectivity index is 2.03. The molecule has 1 aromatic carbocycles. The molecule has 0 spiro atoms. The molecule has 0 aliphatic rings. The Bertz CT molecular complexity index is 725. The third kappa shape index (κ3) is 4.83. The van der Waals surface area contributed by atoms with Crippen LogP contribution in [-0.2, 0) is 11.3 Å². The fraction of sp³-hybridized carbons (Fsp3) is 0.333. The van der Waals surface area contributed by atoms with E-state index in [1.807, 2.05) is 37.4 Å². The molecule has 0 saturated heterocycles. The molecule has 0 atom stereocenters. The maximum Gasteiger partial charge on any atom is 0.246 e. The van der Waals surface area contributed by atoms with Gasteiger partial charge >= 0.3 is 0 Å². The maximum atomic E-state index is 12.2. The van der Waals surface area contributed by atoms with Crippen molar-refractivity contribution in [3.63, 3.8) is 0 Å². The van der Waals surface area contributed by atoms with Gasteiger partial charge in [0.2, 0.25) is 5.91 Å². The third-order valence-electron chi connectivity index (χ3n) is 3.35. The fourth-order valence-electron chi connectivity index (χ4n) is 2.16. The molecule has 0 radical (unpaired) electrons. The summed E-state index contributed by atoms with van der Waals surface area (Å²) in [6.07, 6.45) is 3.32. The number of aromatic nitrogens is 1. The molecule has 0 saturated carbocycles. The van der Waals surface area contributed by atoms with E-state index >= 15 is 0 Å². The van der Waals surface area contributed by atoms with Crippen LogP contribution in [0.4, 0.5) is 0 Å². The number of aryl methyl sites for hydroxylation is 1. The van der Waals surface area contributed by atoms with Crippen molar-refractivity contribution >= 4 is 23.3 Å². The number of carbonyl (C=O) groups excluding carboxylic acids is 1. The quantitative estimate of drug-likeness (QED) is 0.720. The highest BCUT2D eigenvalue weighted by Crippen LogP contribution is 2.28.